The van der Waals surface area contributed by atoms with Gasteiger partial charge in [0.1, 0.15) is 0 Å². The zero-order valence-electron chi connectivity index (χ0n) is 5.76. The monoisotopic (exact) mass is 132 g/mol. The fourth-order valence-corrected chi connectivity index (χ4v) is 0.527. The third kappa shape index (κ3) is 3.08. The van der Waals surface area contributed by atoms with Gasteiger partial charge in [-0.1, -0.05) is 13.3 Å². The third-order valence-electron chi connectivity index (χ3n) is 1.04. The number of aliphatic hydroxyl groups excluding tert-OH is 1. The van der Waals surface area contributed by atoms with Crippen molar-refractivity contribution in [1.82, 2.24) is 0 Å². The summed E-state index contributed by atoms with van der Waals surface area (Å²) in [5.41, 5.74) is 0. The Morgan fingerprint density at radius 1 is 1.78 bits per heavy atom. The molecule has 1 atom stereocenters. The van der Waals surface area contributed by atoms with Gasteiger partial charge < -0.3 is 9.84 Å². The molecule has 0 aliphatic rings. The summed E-state index contributed by atoms with van der Waals surface area (Å²) in [5, 5.41) is 8.84. The fraction of sp³-hybridized carbons (Fsp3) is 0.833. The number of hydrogen-bond acceptors (Lipinski definition) is 3. The predicted octanol–water partition coefficient (Wildman–Crippen LogP) is 0.320. The van der Waals surface area contributed by atoms with Gasteiger partial charge in [0.2, 0.25) is 0 Å². The minimum atomic E-state index is -0.931. The molecule has 0 fully saturated rings. The highest BCUT2D eigenvalue weighted by Gasteiger charge is 2.12. The third-order valence-corrected chi connectivity index (χ3v) is 1.04. The number of carbonyl (C=O) groups is 1. The van der Waals surface area contributed by atoms with Crippen LogP contribution in [-0.4, -0.2) is 24.3 Å². The lowest BCUT2D eigenvalue weighted by molar-refractivity contribution is -0.150. The molecule has 3 nitrogen and oxygen atoms in total. The SMILES string of the molecule is CCCC(O)C(=O)OC. The summed E-state index contributed by atoms with van der Waals surface area (Å²) in [4.78, 5) is 10.4. The maximum absolute atomic E-state index is 10.4. The molecule has 0 aliphatic heterocycles. The van der Waals surface area contributed by atoms with E-state index in [-0.39, 0.29) is 0 Å². The molecule has 0 heterocycles. The standard InChI is InChI=1S/C6H12O3/c1-3-4-5(7)6(8)9-2/h5,7H,3-4H2,1-2H3. The maximum Gasteiger partial charge on any atom is 0.334 e. The highest BCUT2D eigenvalue weighted by atomic mass is 16.5. The van der Waals surface area contributed by atoms with Crippen LogP contribution < -0.4 is 0 Å². The van der Waals surface area contributed by atoms with Crippen molar-refractivity contribution in [2.75, 3.05) is 7.11 Å². The second-order valence-electron chi connectivity index (χ2n) is 1.83. The second-order valence-corrected chi connectivity index (χ2v) is 1.83. The van der Waals surface area contributed by atoms with Crippen LogP contribution in [0, 0.1) is 0 Å². The van der Waals surface area contributed by atoms with Crippen LogP contribution in [0.5, 0.6) is 0 Å². The molecule has 0 radical (unpaired) electrons. The van der Waals surface area contributed by atoms with Crippen molar-refractivity contribution in [1.29, 1.82) is 0 Å². The van der Waals surface area contributed by atoms with E-state index in [1.165, 1.54) is 7.11 Å². The van der Waals surface area contributed by atoms with E-state index in [0.29, 0.717) is 6.42 Å². The summed E-state index contributed by atoms with van der Waals surface area (Å²) in [6.45, 7) is 1.90. The summed E-state index contributed by atoms with van der Waals surface area (Å²) >= 11 is 0. The summed E-state index contributed by atoms with van der Waals surface area (Å²) in [6, 6.07) is 0. The Bertz CT molecular complexity index is 90.3. The van der Waals surface area contributed by atoms with Crippen molar-refractivity contribution < 1.29 is 14.6 Å². The van der Waals surface area contributed by atoms with E-state index in [9.17, 15) is 4.79 Å². The van der Waals surface area contributed by atoms with Crippen LogP contribution in [0.3, 0.4) is 0 Å². The molecule has 0 aliphatic carbocycles. The lowest BCUT2D eigenvalue weighted by Crippen LogP contribution is -2.20. The lowest BCUT2D eigenvalue weighted by Gasteiger charge is -2.04. The van der Waals surface area contributed by atoms with Crippen LogP contribution in [0.25, 0.3) is 0 Å². The van der Waals surface area contributed by atoms with Gasteiger partial charge in [0.15, 0.2) is 6.10 Å². The first-order chi connectivity index (χ1) is 4.22. The molecule has 0 aromatic heterocycles. The largest absolute Gasteiger partial charge is 0.467 e. The van der Waals surface area contributed by atoms with Gasteiger partial charge in [-0.15, -0.1) is 0 Å². The molecule has 0 aromatic rings. The van der Waals surface area contributed by atoms with Crippen molar-refractivity contribution in [3.05, 3.63) is 0 Å². The Balaban J connectivity index is 3.45. The zero-order valence-corrected chi connectivity index (χ0v) is 5.76. The number of aliphatic hydroxyl groups is 1. The maximum atomic E-state index is 10.4. The molecule has 0 spiro atoms. The van der Waals surface area contributed by atoms with E-state index in [1.54, 1.807) is 0 Å². The summed E-state index contributed by atoms with van der Waals surface area (Å²) < 4.78 is 4.28. The second kappa shape index (κ2) is 4.32. The lowest BCUT2D eigenvalue weighted by atomic mass is 10.2. The first-order valence-electron chi connectivity index (χ1n) is 2.98. The van der Waals surface area contributed by atoms with Gasteiger partial charge >= 0.3 is 5.97 Å². The Hall–Kier alpha value is -0.570. The Morgan fingerprint density at radius 2 is 2.33 bits per heavy atom. The molecular formula is C6H12O3. The van der Waals surface area contributed by atoms with E-state index in [0.717, 1.165) is 6.42 Å². The molecule has 9 heavy (non-hydrogen) atoms. The molecule has 0 amide bonds. The molecule has 3 heteroatoms. The smallest absolute Gasteiger partial charge is 0.334 e. The number of rotatable bonds is 3. The van der Waals surface area contributed by atoms with E-state index >= 15 is 0 Å². The van der Waals surface area contributed by atoms with Crippen molar-refractivity contribution in [2.24, 2.45) is 0 Å². The van der Waals surface area contributed by atoms with E-state index in [1.807, 2.05) is 6.92 Å². The highest BCUT2D eigenvalue weighted by molar-refractivity contribution is 5.73. The minimum absolute atomic E-state index is 0.479. The van der Waals surface area contributed by atoms with Gasteiger partial charge in [0.05, 0.1) is 7.11 Å². The van der Waals surface area contributed by atoms with Gasteiger partial charge in [-0.05, 0) is 6.42 Å². The molecule has 1 unspecified atom stereocenters. The topological polar surface area (TPSA) is 46.5 Å². The van der Waals surface area contributed by atoms with E-state index in [2.05, 4.69) is 4.74 Å². The molecule has 54 valence electrons. The van der Waals surface area contributed by atoms with Crippen molar-refractivity contribution in [3.63, 3.8) is 0 Å². The highest BCUT2D eigenvalue weighted by Crippen LogP contribution is 1.96. The number of hydrogen-bond donors (Lipinski definition) is 1. The summed E-state index contributed by atoms with van der Waals surface area (Å²) in [5.74, 6) is -0.545. The zero-order chi connectivity index (χ0) is 7.28. The normalized spacial score (nSPS) is 12.8. The van der Waals surface area contributed by atoms with Crippen molar-refractivity contribution >= 4 is 5.97 Å². The fourth-order valence-electron chi connectivity index (χ4n) is 0.527. The molecular weight excluding hydrogens is 120 g/mol. The molecule has 0 saturated carbocycles. The van der Waals surface area contributed by atoms with E-state index in [4.69, 9.17) is 5.11 Å². The summed E-state index contributed by atoms with van der Waals surface area (Å²) in [7, 11) is 1.27. The Labute approximate surface area is 54.6 Å². The predicted molar refractivity (Wildman–Crippen MR) is 32.9 cm³/mol. The molecule has 0 bridgehead atoms. The average molecular weight is 132 g/mol. The Kier molecular flexibility index (Phi) is 4.05. The first kappa shape index (κ1) is 8.43. The van der Waals surface area contributed by atoms with Gasteiger partial charge in [-0.2, -0.15) is 0 Å². The van der Waals surface area contributed by atoms with Crippen LogP contribution in [0.1, 0.15) is 19.8 Å². The van der Waals surface area contributed by atoms with Gasteiger partial charge in [0, 0.05) is 0 Å². The van der Waals surface area contributed by atoms with Crippen LogP contribution >= 0.6 is 0 Å². The van der Waals surface area contributed by atoms with Gasteiger partial charge in [-0.25, -0.2) is 4.79 Å². The minimum Gasteiger partial charge on any atom is -0.467 e. The van der Waals surface area contributed by atoms with Gasteiger partial charge in [-0.3, -0.25) is 0 Å². The molecule has 0 aromatic carbocycles. The van der Waals surface area contributed by atoms with Crippen LogP contribution in [0.2, 0.25) is 0 Å². The average Bonchev–Trinajstić information content (AvgIpc) is 1.87. The van der Waals surface area contributed by atoms with E-state index < -0.39 is 12.1 Å². The number of carbonyl (C=O) groups excluding carboxylic acids is 1. The summed E-state index contributed by atoms with van der Waals surface area (Å²) in [6.07, 6.45) is 0.336. The van der Waals surface area contributed by atoms with Crippen LogP contribution in [0.4, 0.5) is 0 Å². The molecule has 0 rings (SSSR count). The molecule has 0 saturated heterocycles. The van der Waals surface area contributed by atoms with Crippen LogP contribution in [0.15, 0.2) is 0 Å². The number of methoxy groups -OCH3 is 1. The van der Waals surface area contributed by atoms with Crippen molar-refractivity contribution in [3.8, 4) is 0 Å². The quantitative estimate of drug-likeness (QED) is 0.562. The Morgan fingerprint density at radius 3 is 2.67 bits per heavy atom. The first-order valence-corrected chi connectivity index (χ1v) is 2.98. The number of esters is 1. The number of ether oxygens (including phenoxy) is 1. The van der Waals surface area contributed by atoms with Crippen molar-refractivity contribution in [2.45, 2.75) is 25.9 Å². The molecule has 1 N–H and O–H groups in total. The van der Waals surface area contributed by atoms with Gasteiger partial charge in [0.25, 0.3) is 0 Å². The van der Waals surface area contributed by atoms with Crippen LogP contribution in [-0.2, 0) is 9.53 Å².